The summed E-state index contributed by atoms with van der Waals surface area (Å²) in [7, 11) is 9.84. The van der Waals surface area contributed by atoms with Crippen LogP contribution in [0.15, 0.2) is 181 Å². The number of amides is 6. The summed E-state index contributed by atoms with van der Waals surface area (Å²) in [5, 5.41) is 33.4. The third kappa shape index (κ3) is 25.4. The van der Waals surface area contributed by atoms with Gasteiger partial charge in [-0.1, -0.05) is 93.2 Å². The van der Waals surface area contributed by atoms with Crippen LogP contribution in [0.4, 0.5) is 26.7 Å². The number of esters is 2. The van der Waals surface area contributed by atoms with Crippen LogP contribution in [0.1, 0.15) is 122 Å². The second kappa shape index (κ2) is 45.2. The van der Waals surface area contributed by atoms with Crippen molar-refractivity contribution < 1.29 is 113 Å². The van der Waals surface area contributed by atoms with Crippen LogP contribution in [0, 0.1) is 47.8 Å². The quantitative estimate of drug-likeness (QED) is 0.0157. The Morgan fingerprint density at radius 1 is 0.479 bits per heavy atom. The molecule has 623 valence electrons. The summed E-state index contributed by atoms with van der Waals surface area (Å²) in [5.74, 6) is -5.53. The maximum atomic E-state index is 14.6. The van der Waals surface area contributed by atoms with Crippen LogP contribution in [0.3, 0.4) is 0 Å². The molecule has 10 atom stereocenters. The van der Waals surface area contributed by atoms with Gasteiger partial charge < -0.3 is 85.7 Å². The number of nitrogens with one attached hydrogen (secondary N) is 6. The number of aryl methyl sites for hydroxylation is 1. The number of aliphatic hydroxyl groups excluding tert-OH is 1. The number of aliphatic carboxylic acids is 1. The molecule has 5 fully saturated rings. The number of aliphatic hydroxyl groups is 1. The fraction of sp³-hybridized carbons (Fsp3) is 0.321. The van der Waals surface area contributed by atoms with E-state index in [1.165, 1.54) is 146 Å². The molecule has 33 heteroatoms. The van der Waals surface area contributed by atoms with Crippen LogP contribution in [-0.2, 0) is 65.8 Å². The number of ether oxygens (including phenoxy) is 8. The molecule has 6 amide bonds. The Labute approximate surface area is 680 Å². The molecule has 0 aliphatic carbocycles. The van der Waals surface area contributed by atoms with Crippen molar-refractivity contribution in [2.24, 2.45) is 17.6 Å². The summed E-state index contributed by atoms with van der Waals surface area (Å²) in [4.78, 5) is 106. The Morgan fingerprint density at radius 2 is 0.863 bits per heavy atom. The summed E-state index contributed by atoms with van der Waals surface area (Å²) < 4.78 is 109. The molecule has 26 nitrogen and oxygen atoms in total. The molecule has 0 bridgehead atoms. The maximum absolute atomic E-state index is 14.6. The molecule has 5 aliphatic rings. The lowest BCUT2D eigenvalue weighted by Gasteiger charge is -2.31. The van der Waals surface area contributed by atoms with Crippen molar-refractivity contribution in [3.8, 4) is 28.7 Å². The Hall–Kier alpha value is -12.2. The average molecular weight is 1640 g/mol. The van der Waals surface area contributed by atoms with Gasteiger partial charge in [-0.15, -0.1) is 11.8 Å². The van der Waals surface area contributed by atoms with E-state index in [2.05, 4.69) is 36.6 Å². The van der Waals surface area contributed by atoms with E-state index in [0.29, 0.717) is 34.3 Å². The van der Waals surface area contributed by atoms with Crippen molar-refractivity contribution in [1.29, 1.82) is 0 Å². The second-order valence-corrected chi connectivity index (χ2v) is 27.5. The van der Waals surface area contributed by atoms with Crippen LogP contribution in [0.25, 0.3) is 0 Å². The van der Waals surface area contributed by atoms with E-state index in [0.717, 1.165) is 21.6 Å². The molecule has 0 spiro atoms. The third-order valence-electron chi connectivity index (χ3n) is 18.6. The number of carboxylic acids is 1. The molecule has 0 aromatic heterocycles. The molecule has 8 aromatic rings. The molecule has 3 unspecified atom stereocenters. The molecule has 0 saturated carbocycles. The number of carbonyl (C=O) groups excluding carboxylic acids is 8. The van der Waals surface area contributed by atoms with Gasteiger partial charge in [0.05, 0.1) is 111 Å². The molecule has 3 radical (unpaired) electrons. The Kier molecular flexibility index (Phi) is 36.8. The number of halogens is 5. The molecule has 5 saturated heterocycles. The van der Waals surface area contributed by atoms with Crippen molar-refractivity contribution in [2.45, 2.75) is 119 Å². The lowest BCUT2D eigenvalue weighted by molar-refractivity contribution is -0.146. The normalized spacial score (nSPS) is 20.2. The number of carboxylic acid groups (broad SMARTS) is 1. The van der Waals surface area contributed by atoms with Gasteiger partial charge in [-0.25, -0.2) is 26.7 Å². The van der Waals surface area contributed by atoms with E-state index in [4.69, 9.17) is 49.1 Å². The SMILES string of the molecule is C.C.COC(=O)C1CC(=O)NC1c1cc(OC)ccc1F.COC(=O)[C@@]1(Sc2ccc(C)cc2)CC(=O)N[C@@H]1c1cc(OC)ccc1F.COc1ccc(F)c(C2NC(=O)C[C@@H]2N)c1.COc1ccc(F)c([C@H]2NC(=O)C[C@@H]2C(=O)O)c1.COc1ccc(F)c([C@H]2NC(=O)C[C@@H]2NC(=O)OCc2ccccc2)c1.OCc1ccccc1.[B]. The first kappa shape index (κ1) is 95.4. The van der Waals surface area contributed by atoms with E-state index < -0.39 is 112 Å². The van der Waals surface area contributed by atoms with E-state index in [1.54, 1.807) is 6.07 Å². The van der Waals surface area contributed by atoms with E-state index in [1.807, 2.05) is 91.9 Å². The molecule has 5 aliphatic heterocycles. The number of rotatable bonds is 19. The second-order valence-electron chi connectivity index (χ2n) is 26.1. The summed E-state index contributed by atoms with van der Waals surface area (Å²) in [6.07, 6.45) is -0.656. The zero-order chi connectivity index (χ0) is 82.9. The maximum Gasteiger partial charge on any atom is 0.407 e. The largest absolute Gasteiger partial charge is 0.497 e. The van der Waals surface area contributed by atoms with Crippen LogP contribution in [0.5, 0.6) is 28.7 Å². The number of benzene rings is 8. The average Bonchev–Trinajstić information content (AvgIpc) is 1.63. The highest BCUT2D eigenvalue weighted by Crippen LogP contribution is 2.50. The Morgan fingerprint density at radius 3 is 1.27 bits per heavy atom. The lowest BCUT2D eigenvalue weighted by atomic mass is 9.92. The molecular formula is C84H94BF5N7O19S. The molecule has 117 heavy (non-hydrogen) atoms. The Bertz CT molecular complexity index is 4720. The highest BCUT2D eigenvalue weighted by molar-refractivity contribution is 8.01. The first-order valence-corrected chi connectivity index (χ1v) is 36.1. The number of nitrogens with two attached hydrogens (primary N) is 1. The highest BCUT2D eigenvalue weighted by atomic mass is 32.2. The fourth-order valence-electron chi connectivity index (χ4n) is 12.8. The highest BCUT2D eigenvalue weighted by Gasteiger charge is 2.56. The van der Waals surface area contributed by atoms with Crippen molar-refractivity contribution in [1.82, 2.24) is 31.9 Å². The zero-order valence-electron chi connectivity index (χ0n) is 63.7. The summed E-state index contributed by atoms with van der Waals surface area (Å²) in [5.41, 5.74) is 9.82. The molecule has 5 heterocycles. The summed E-state index contributed by atoms with van der Waals surface area (Å²) in [6.45, 7) is 2.21. The monoisotopic (exact) mass is 1640 g/mol. The van der Waals surface area contributed by atoms with Crippen LogP contribution in [0.2, 0.25) is 0 Å². The van der Waals surface area contributed by atoms with Crippen LogP contribution < -0.4 is 61.3 Å². The van der Waals surface area contributed by atoms with Gasteiger partial charge in [0, 0.05) is 72.9 Å². The number of methoxy groups -OCH3 is 7. The third-order valence-corrected chi connectivity index (χ3v) is 20.0. The van der Waals surface area contributed by atoms with Crippen molar-refractivity contribution in [3.05, 3.63) is 250 Å². The number of hydrogen-bond acceptors (Lipinski definition) is 20. The number of hydrogen-bond donors (Lipinski definition) is 9. The summed E-state index contributed by atoms with van der Waals surface area (Å²) in [6, 6.07) is 42.8. The predicted molar refractivity (Wildman–Crippen MR) is 424 cm³/mol. The van der Waals surface area contributed by atoms with Gasteiger partial charge in [0.1, 0.15) is 64.4 Å². The van der Waals surface area contributed by atoms with Gasteiger partial charge in [0.15, 0.2) is 4.75 Å². The number of thioether (sulfide) groups is 1. The van der Waals surface area contributed by atoms with E-state index >= 15 is 0 Å². The Balaban J connectivity index is 0.000000256. The van der Waals surface area contributed by atoms with Crippen molar-refractivity contribution in [2.75, 3.05) is 49.8 Å². The number of carbonyl (C=O) groups is 9. The summed E-state index contributed by atoms with van der Waals surface area (Å²) >= 11 is 1.20. The minimum Gasteiger partial charge on any atom is -0.497 e. The topological polar surface area (TPSA) is 366 Å². The first-order valence-electron chi connectivity index (χ1n) is 35.3. The van der Waals surface area contributed by atoms with Gasteiger partial charge in [0.2, 0.25) is 29.5 Å². The van der Waals surface area contributed by atoms with E-state index in [9.17, 15) is 65.1 Å². The van der Waals surface area contributed by atoms with Gasteiger partial charge in [-0.05, 0) is 121 Å². The standard InChI is InChI=1S/C20H20FNO4S.C19H19FN2O4.C13H14FNO4.C12H12FNO4.C11H13FN2O2.C7H8O.2CH4.B/c1-12-4-7-14(8-5-12)27-20(19(24)26-3)11-17(23)22-18(20)15-10-13(25-2)6-9-16(15)21;1-25-13-7-8-15(20)14(9-13)18-16(10-17(23)22-18)21-19(24)26-11-12-5-3-2-4-6-12;1-18-7-3-4-10(14)8(5-7)12-9(13(17)19-2)6-11(16)15-12;1-18-6-2-3-9(13)7(4-6)11-8(12(16)17)5-10(15)14-11;1-16-6-2-3-8(12)7(4-6)11-9(13)5-10(15)14-11;8-6-7-4-2-1-3-5-7;;;/h4-10,18H,11H2,1-3H3,(H,22,23);2-9,16,18H,10-11H2,1H3,(H,21,24)(H,22,23);3-5,9,12H,6H2,1-2H3,(H,15,16);2-4,8,11H,5H2,1H3,(H,14,15)(H,16,17);2-4,9,11H,5,13H2,1H3,(H,14,15);1-5,8H,6H2;2*1H4;/t18-,20-;16-,18+;;8-,11+;9-,11?;;;;/m10.00..../s1. The van der Waals surface area contributed by atoms with E-state index in [-0.39, 0.29) is 120 Å². The fourth-order valence-corrected chi connectivity index (χ4v) is 14.1. The minimum absolute atomic E-state index is 0. The van der Waals surface area contributed by atoms with Gasteiger partial charge in [0.25, 0.3) is 0 Å². The zero-order valence-corrected chi connectivity index (χ0v) is 64.5. The lowest BCUT2D eigenvalue weighted by Crippen LogP contribution is -2.41. The molecule has 13 rings (SSSR count). The molecule has 10 N–H and O–H groups in total. The van der Waals surface area contributed by atoms with Crippen molar-refractivity contribution >= 4 is 73.7 Å². The van der Waals surface area contributed by atoms with Gasteiger partial charge in [-0.3, -0.25) is 38.4 Å². The minimum atomic E-state index is -1.33. The molecule has 8 aromatic carbocycles. The van der Waals surface area contributed by atoms with Gasteiger partial charge >= 0.3 is 24.0 Å². The van der Waals surface area contributed by atoms with Crippen LogP contribution in [-0.4, -0.2) is 139 Å². The smallest absolute Gasteiger partial charge is 0.407 e. The molecular weight excluding hydrogens is 1550 g/mol. The van der Waals surface area contributed by atoms with Gasteiger partial charge in [-0.2, -0.15) is 0 Å². The first-order chi connectivity index (χ1) is 54.6. The number of alkyl carbamates (subject to hydrolysis) is 1. The predicted octanol–water partition coefficient (Wildman–Crippen LogP) is 11.2. The van der Waals surface area contributed by atoms with Crippen LogP contribution >= 0.6 is 11.8 Å². The van der Waals surface area contributed by atoms with Crippen molar-refractivity contribution in [3.63, 3.8) is 0 Å².